The summed E-state index contributed by atoms with van der Waals surface area (Å²) in [5.41, 5.74) is 8.19. The summed E-state index contributed by atoms with van der Waals surface area (Å²) in [6.07, 6.45) is 6.48. The Morgan fingerprint density at radius 3 is 2.48 bits per heavy atom. The van der Waals surface area contributed by atoms with Crippen LogP contribution >= 0.6 is 12.4 Å². The number of amides is 1. The lowest BCUT2D eigenvalue weighted by Crippen LogP contribution is -2.47. The number of benzene rings is 1. The molecule has 0 heterocycles. The number of carbonyl (C=O) groups is 1. The topological polar surface area (TPSA) is 55.1 Å². The molecule has 4 heteroatoms. The van der Waals surface area contributed by atoms with Gasteiger partial charge in [0.2, 0.25) is 5.91 Å². The molecule has 3 rings (SSSR count). The molecule has 0 aromatic heterocycles. The molecule has 0 unspecified atom stereocenters. The minimum atomic E-state index is -0.563. The van der Waals surface area contributed by atoms with Crippen LogP contribution < -0.4 is 11.1 Å². The third-order valence-corrected chi connectivity index (χ3v) is 5.02. The molecule has 21 heavy (non-hydrogen) atoms. The van der Waals surface area contributed by atoms with Gasteiger partial charge >= 0.3 is 0 Å². The maximum atomic E-state index is 12.1. The summed E-state index contributed by atoms with van der Waals surface area (Å²) < 4.78 is 0. The van der Waals surface area contributed by atoms with E-state index < -0.39 is 5.54 Å². The lowest BCUT2D eigenvalue weighted by molar-refractivity contribution is -0.123. The van der Waals surface area contributed by atoms with Crippen LogP contribution in [-0.4, -0.2) is 18.0 Å². The lowest BCUT2D eigenvalue weighted by Gasteiger charge is -2.31. The summed E-state index contributed by atoms with van der Waals surface area (Å²) in [7, 11) is 0. The van der Waals surface area contributed by atoms with Crippen molar-refractivity contribution in [1.82, 2.24) is 5.32 Å². The van der Waals surface area contributed by atoms with E-state index in [0.29, 0.717) is 0 Å². The van der Waals surface area contributed by atoms with Crippen molar-refractivity contribution in [3.8, 4) is 0 Å². The number of nitrogens with two attached hydrogens (primary N) is 1. The predicted octanol–water partition coefficient (Wildman–Crippen LogP) is 2.84. The summed E-state index contributed by atoms with van der Waals surface area (Å²) >= 11 is 0. The molecule has 2 aliphatic carbocycles. The third-order valence-electron chi connectivity index (χ3n) is 5.02. The number of aryl methyl sites for hydroxylation is 1. The zero-order chi connectivity index (χ0) is 14.2. The van der Waals surface area contributed by atoms with Crippen molar-refractivity contribution in [3.05, 3.63) is 35.4 Å². The zero-order valence-electron chi connectivity index (χ0n) is 12.7. The van der Waals surface area contributed by atoms with E-state index in [4.69, 9.17) is 5.73 Å². The molecule has 2 aliphatic rings. The van der Waals surface area contributed by atoms with Crippen LogP contribution in [0.1, 0.15) is 49.7 Å². The third kappa shape index (κ3) is 3.24. The van der Waals surface area contributed by atoms with E-state index in [9.17, 15) is 4.79 Å². The first-order chi connectivity index (χ1) is 9.54. The molecule has 116 valence electrons. The van der Waals surface area contributed by atoms with Crippen LogP contribution in [-0.2, 0) is 10.2 Å². The predicted molar refractivity (Wildman–Crippen MR) is 87.7 cm³/mol. The Labute approximate surface area is 133 Å². The molecule has 2 saturated carbocycles. The van der Waals surface area contributed by atoms with Gasteiger partial charge in [-0.25, -0.2) is 0 Å². The minimum absolute atomic E-state index is 0. The van der Waals surface area contributed by atoms with Crippen LogP contribution in [0, 0.1) is 6.92 Å². The van der Waals surface area contributed by atoms with Crippen molar-refractivity contribution in [2.24, 2.45) is 5.73 Å². The zero-order valence-corrected chi connectivity index (χ0v) is 13.5. The monoisotopic (exact) mass is 308 g/mol. The fraction of sp³-hybridized carbons (Fsp3) is 0.588. The summed E-state index contributed by atoms with van der Waals surface area (Å²) in [5, 5.41) is 3.12. The Hall–Kier alpha value is -1.06. The molecule has 2 fully saturated rings. The molecule has 0 spiro atoms. The van der Waals surface area contributed by atoms with Gasteiger partial charge < -0.3 is 11.1 Å². The minimum Gasteiger partial charge on any atom is -0.354 e. The fourth-order valence-corrected chi connectivity index (χ4v) is 3.38. The molecule has 1 aromatic carbocycles. The Kier molecular flexibility index (Phi) is 4.64. The van der Waals surface area contributed by atoms with E-state index in [0.717, 1.165) is 32.2 Å². The standard InChI is InChI=1S/C17H24N2O.ClH/c1-13-5-4-6-14(11-13)16(7-2-3-8-16)12-19-15(20)17(18)9-10-17;/h4-6,11H,2-3,7-10,12,18H2,1H3,(H,19,20);1H. The number of nitrogens with one attached hydrogen (secondary N) is 1. The molecule has 3 nitrogen and oxygen atoms in total. The highest BCUT2D eigenvalue weighted by molar-refractivity contribution is 5.89. The van der Waals surface area contributed by atoms with Gasteiger partial charge in [0, 0.05) is 12.0 Å². The second-order valence-corrected chi connectivity index (χ2v) is 6.70. The molecular weight excluding hydrogens is 284 g/mol. The van der Waals surface area contributed by atoms with Crippen LogP contribution in [0.3, 0.4) is 0 Å². The van der Waals surface area contributed by atoms with Crippen LogP contribution in [0.15, 0.2) is 24.3 Å². The number of rotatable bonds is 4. The van der Waals surface area contributed by atoms with E-state index >= 15 is 0 Å². The van der Waals surface area contributed by atoms with Crippen molar-refractivity contribution in [2.75, 3.05) is 6.54 Å². The molecule has 0 aliphatic heterocycles. The van der Waals surface area contributed by atoms with Crippen molar-refractivity contribution < 1.29 is 4.79 Å². The number of halogens is 1. The second-order valence-electron chi connectivity index (χ2n) is 6.70. The average molecular weight is 309 g/mol. The van der Waals surface area contributed by atoms with Crippen LogP contribution in [0.5, 0.6) is 0 Å². The molecular formula is C17H25ClN2O. The number of carbonyl (C=O) groups excluding carboxylic acids is 1. The summed E-state index contributed by atoms with van der Waals surface area (Å²) in [6, 6.07) is 8.73. The summed E-state index contributed by atoms with van der Waals surface area (Å²) in [6.45, 7) is 2.86. The van der Waals surface area contributed by atoms with Gasteiger partial charge in [-0.05, 0) is 38.2 Å². The molecule has 3 N–H and O–H groups in total. The molecule has 0 saturated heterocycles. The van der Waals surface area contributed by atoms with Crippen LogP contribution in [0.2, 0.25) is 0 Å². The van der Waals surface area contributed by atoms with Gasteiger partial charge in [-0.15, -0.1) is 12.4 Å². The first-order valence-corrected chi connectivity index (χ1v) is 7.69. The molecule has 0 radical (unpaired) electrons. The van der Waals surface area contributed by atoms with Gasteiger partial charge in [0.05, 0.1) is 5.54 Å². The Balaban J connectivity index is 0.00000161. The highest BCUT2D eigenvalue weighted by Gasteiger charge is 2.47. The first kappa shape index (κ1) is 16.3. The van der Waals surface area contributed by atoms with E-state index in [2.05, 4.69) is 36.5 Å². The van der Waals surface area contributed by atoms with Crippen molar-refractivity contribution in [1.29, 1.82) is 0 Å². The molecule has 0 bridgehead atoms. The molecule has 1 aromatic rings. The Morgan fingerprint density at radius 2 is 1.90 bits per heavy atom. The SMILES string of the molecule is Cc1cccc(C2(CNC(=O)C3(N)CC3)CCCC2)c1.Cl. The van der Waals surface area contributed by atoms with Crippen LogP contribution in [0.4, 0.5) is 0 Å². The average Bonchev–Trinajstić information content (AvgIpc) is 3.02. The maximum Gasteiger partial charge on any atom is 0.240 e. The van der Waals surface area contributed by atoms with Crippen LogP contribution in [0.25, 0.3) is 0 Å². The lowest BCUT2D eigenvalue weighted by atomic mass is 9.78. The van der Waals surface area contributed by atoms with Gasteiger partial charge in [-0.1, -0.05) is 42.7 Å². The van der Waals surface area contributed by atoms with Gasteiger partial charge in [0.25, 0.3) is 0 Å². The number of hydrogen-bond acceptors (Lipinski definition) is 2. The van der Waals surface area contributed by atoms with E-state index in [-0.39, 0.29) is 23.7 Å². The largest absolute Gasteiger partial charge is 0.354 e. The van der Waals surface area contributed by atoms with E-state index in [1.165, 1.54) is 24.0 Å². The highest BCUT2D eigenvalue weighted by Crippen LogP contribution is 2.41. The molecule has 0 atom stereocenters. The van der Waals surface area contributed by atoms with Gasteiger partial charge in [-0.3, -0.25) is 4.79 Å². The summed E-state index contributed by atoms with van der Waals surface area (Å²) in [4.78, 5) is 12.1. The quantitative estimate of drug-likeness (QED) is 0.898. The maximum absolute atomic E-state index is 12.1. The first-order valence-electron chi connectivity index (χ1n) is 7.69. The van der Waals surface area contributed by atoms with Crippen molar-refractivity contribution in [2.45, 2.75) is 56.4 Å². The van der Waals surface area contributed by atoms with Gasteiger partial charge in [-0.2, -0.15) is 0 Å². The summed E-state index contributed by atoms with van der Waals surface area (Å²) in [5.74, 6) is 0.0384. The van der Waals surface area contributed by atoms with Crippen molar-refractivity contribution >= 4 is 18.3 Å². The number of hydrogen-bond donors (Lipinski definition) is 2. The van der Waals surface area contributed by atoms with E-state index in [1.807, 2.05) is 0 Å². The van der Waals surface area contributed by atoms with Crippen molar-refractivity contribution in [3.63, 3.8) is 0 Å². The smallest absolute Gasteiger partial charge is 0.240 e. The normalized spacial score (nSPS) is 21.4. The van der Waals surface area contributed by atoms with Gasteiger partial charge in [0.1, 0.15) is 0 Å². The van der Waals surface area contributed by atoms with E-state index in [1.54, 1.807) is 0 Å². The fourth-order valence-electron chi connectivity index (χ4n) is 3.38. The highest BCUT2D eigenvalue weighted by atomic mass is 35.5. The molecule has 1 amide bonds. The Bertz CT molecular complexity index is 519. The second kappa shape index (κ2) is 5.98. The van der Waals surface area contributed by atoms with Gasteiger partial charge in [0.15, 0.2) is 0 Å². The Morgan fingerprint density at radius 1 is 1.24 bits per heavy atom.